The highest BCUT2D eigenvalue weighted by Crippen LogP contribution is 2.16. The highest BCUT2D eigenvalue weighted by molar-refractivity contribution is 9.10. The van der Waals surface area contributed by atoms with Crippen molar-refractivity contribution in [3.8, 4) is 0 Å². The van der Waals surface area contributed by atoms with E-state index in [-0.39, 0.29) is 0 Å². The first-order chi connectivity index (χ1) is 14.6. The Bertz CT molecular complexity index is 711. The molecule has 30 heavy (non-hydrogen) atoms. The Morgan fingerprint density at radius 2 is 1.47 bits per heavy atom. The van der Waals surface area contributed by atoms with Gasteiger partial charge in [-0.3, -0.25) is 4.90 Å². The minimum Gasteiger partial charge on any atom is -0.330 e. The lowest BCUT2D eigenvalue weighted by Crippen LogP contribution is -2.47. The summed E-state index contributed by atoms with van der Waals surface area (Å²) < 4.78 is 1.16. The molecule has 1 aliphatic heterocycles. The van der Waals surface area contributed by atoms with E-state index in [1.165, 1.54) is 55.8 Å². The number of aryl methyl sites for hydroxylation is 1. The standard InChI is InChI=1S/C25H37BrN4/c1-22-6-2-7-23(18-22)20-30(21-24-8-3-9-25(26)19-24)13-5-12-29-16-14-28(15-17-29)11-4-10-27/h2-3,6-9,18-19H,4-5,10-17,20-21,27H2,1H3. The van der Waals surface area contributed by atoms with Crippen LogP contribution in [0.2, 0.25) is 0 Å². The Labute approximate surface area is 191 Å². The smallest absolute Gasteiger partial charge is 0.0237 e. The highest BCUT2D eigenvalue weighted by atomic mass is 79.9. The number of hydrogen-bond donors (Lipinski definition) is 1. The summed E-state index contributed by atoms with van der Waals surface area (Å²) in [6.45, 7) is 13.2. The molecule has 0 spiro atoms. The second kappa shape index (κ2) is 12.6. The largest absolute Gasteiger partial charge is 0.330 e. The number of halogens is 1. The van der Waals surface area contributed by atoms with Crippen LogP contribution >= 0.6 is 15.9 Å². The molecular weight excluding hydrogens is 436 g/mol. The lowest BCUT2D eigenvalue weighted by Gasteiger charge is -2.35. The van der Waals surface area contributed by atoms with E-state index in [0.29, 0.717) is 0 Å². The Balaban J connectivity index is 1.51. The summed E-state index contributed by atoms with van der Waals surface area (Å²) >= 11 is 3.62. The molecule has 2 aromatic carbocycles. The van der Waals surface area contributed by atoms with Crippen molar-refractivity contribution in [3.63, 3.8) is 0 Å². The number of benzene rings is 2. The molecule has 0 amide bonds. The molecule has 1 heterocycles. The van der Waals surface area contributed by atoms with Crippen molar-refractivity contribution in [2.24, 2.45) is 5.73 Å². The van der Waals surface area contributed by atoms with Gasteiger partial charge in [0.15, 0.2) is 0 Å². The Morgan fingerprint density at radius 1 is 0.867 bits per heavy atom. The molecule has 1 fully saturated rings. The van der Waals surface area contributed by atoms with E-state index in [1.807, 2.05) is 0 Å². The third kappa shape index (κ3) is 8.12. The topological polar surface area (TPSA) is 35.7 Å². The molecule has 0 radical (unpaired) electrons. The third-order valence-electron chi connectivity index (χ3n) is 5.88. The fourth-order valence-corrected chi connectivity index (χ4v) is 4.69. The van der Waals surface area contributed by atoms with E-state index in [4.69, 9.17) is 5.73 Å². The normalized spacial score (nSPS) is 15.7. The van der Waals surface area contributed by atoms with Gasteiger partial charge in [0.2, 0.25) is 0 Å². The number of nitrogens with zero attached hydrogens (tertiary/aromatic N) is 3. The average molecular weight is 474 g/mol. The van der Waals surface area contributed by atoms with Crippen LogP contribution in [-0.2, 0) is 13.1 Å². The van der Waals surface area contributed by atoms with Gasteiger partial charge in [-0.2, -0.15) is 0 Å². The maximum Gasteiger partial charge on any atom is 0.0237 e. The van der Waals surface area contributed by atoms with Crippen molar-refractivity contribution < 1.29 is 0 Å². The van der Waals surface area contributed by atoms with Crippen molar-refractivity contribution in [1.29, 1.82) is 0 Å². The molecule has 0 bridgehead atoms. The fraction of sp³-hybridized carbons (Fsp3) is 0.520. The monoisotopic (exact) mass is 472 g/mol. The van der Waals surface area contributed by atoms with Gasteiger partial charge in [-0.05, 0) is 62.7 Å². The molecule has 4 nitrogen and oxygen atoms in total. The lowest BCUT2D eigenvalue weighted by molar-refractivity contribution is 0.125. The van der Waals surface area contributed by atoms with Gasteiger partial charge in [0.05, 0.1) is 0 Å². The second-order valence-electron chi connectivity index (χ2n) is 8.51. The average Bonchev–Trinajstić information content (AvgIpc) is 2.73. The van der Waals surface area contributed by atoms with Crippen LogP contribution in [0.1, 0.15) is 29.5 Å². The predicted octanol–water partition coefficient (Wildman–Crippen LogP) is 4.12. The molecule has 0 unspecified atom stereocenters. The number of piperazine rings is 1. The van der Waals surface area contributed by atoms with Gasteiger partial charge >= 0.3 is 0 Å². The molecule has 164 valence electrons. The van der Waals surface area contributed by atoms with E-state index >= 15 is 0 Å². The van der Waals surface area contributed by atoms with Crippen molar-refractivity contribution in [1.82, 2.24) is 14.7 Å². The zero-order valence-corrected chi connectivity index (χ0v) is 20.0. The molecular formula is C25H37BrN4. The molecule has 2 N–H and O–H groups in total. The first kappa shape index (κ1) is 23.4. The number of rotatable bonds is 11. The van der Waals surface area contributed by atoms with E-state index in [0.717, 1.165) is 43.6 Å². The van der Waals surface area contributed by atoms with Crippen LogP contribution in [0.5, 0.6) is 0 Å². The first-order valence-electron chi connectivity index (χ1n) is 11.3. The highest BCUT2D eigenvalue weighted by Gasteiger charge is 2.16. The van der Waals surface area contributed by atoms with Crippen molar-refractivity contribution in [3.05, 3.63) is 69.7 Å². The van der Waals surface area contributed by atoms with Crippen molar-refractivity contribution in [2.45, 2.75) is 32.9 Å². The number of hydrogen-bond acceptors (Lipinski definition) is 4. The van der Waals surface area contributed by atoms with Gasteiger partial charge in [-0.15, -0.1) is 0 Å². The van der Waals surface area contributed by atoms with Crippen LogP contribution in [0, 0.1) is 6.92 Å². The fourth-order valence-electron chi connectivity index (χ4n) is 4.25. The van der Waals surface area contributed by atoms with E-state index in [1.54, 1.807) is 0 Å². The Hall–Kier alpha value is -1.24. The quantitative estimate of drug-likeness (QED) is 0.533. The molecule has 1 saturated heterocycles. The number of nitrogens with two attached hydrogens (primary N) is 1. The molecule has 1 aliphatic rings. The van der Waals surface area contributed by atoms with Crippen molar-refractivity contribution in [2.75, 3.05) is 52.4 Å². The maximum absolute atomic E-state index is 5.65. The van der Waals surface area contributed by atoms with Crippen LogP contribution in [-0.4, -0.2) is 67.1 Å². The zero-order chi connectivity index (χ0) is 21.2. The molecule has 2 aromatic rings. The first-order valence-corrected chi connectivity index (χ1v) is 12.1. The summed E-state index contributed by atoms with van der Waals surface area (Å²) in [5.74, 6) is 0. The third-order valence-corrected chi connectivity index (χ3v) is 6.37. The van der Waals surface area contributed by atoms with Gasteiger partial charge in [0.1, 0.15) is 0 Å². The van der Waals surface area contributed by atoms with Crippen LogP contribution in [0.3, 0.4) is 0 Å². The van der Waals surface area contributed by atoms with Crippen LogP contribution in [0.25, 0.3) is 0 Å². The van der Waals surface area contributed by atoms with E-state index in [9.17, 15) is 0 Å². The van der Waals surface area contributed by atoms with Gasteiger partial charge in [0.25, 0.3) is 0 Å². The summed E-state index contributed by atoms with van der Waals surface area (Å²) in [5.41, 5.74) is 9.75. The lowest BCUT2D eigenvalue weighted by atomic mass is 10.1. The predicted molar refractivity (Wildman–Crippen MR) is 131 cm³/mol. The Morgan fingerprint density at radius 3 is 2.07 bits per heavy atom. The van der Waals surface area contributed by atoms with E-state index in [2.05, 4.69) is 86.1 Å². The molecule has 0 atom stereocenters. The molecule has 0 saturated carbocycles. The maximum atomic E-state index is 5.65. The minimum atomic E-state index is 0.801. The second-order valence-corrected chi connectivity index (χ2v) is 9.42. The van der Waals surface area contributed by atoms with Crippen molar-refractivity contribution >= 4 is 15.9 Å². The van der Waals surface area contributed by atoms with Gasteiger partial charge in [-0.1, -0.05) is 57.9 Å². The Kier molecular flexibility index (Phi) is 9.82. The summed E-state index contributed by atoms with van der Waals surface area (Å²) in [6, 6.07) is 17.6. The summed E-state index contributed by atoms with van der Waals surface area (Å²) in [5, 5.41) is 0. The van der Waals surface area contributed by atoms with Crippen LogP contribution < -0.4 is 5.73 Å². The van der Waals surface area contributed by atoms with Crippen LogP contribution in [0.4, 0.5) is 0 Å². The van der Waals surface area contributed by atoms with Crippen LogP contribution in [0.15, 0.2) is 53.0 Å². The summed E-state index contributed by atoms with van der Waals surface area (Å²) in [6.07, 6.45) is 2.33. The zero-order valence-electron chi connectivity index (χ0n) is 18.4. The summed E-state index contributed by atoms with van der Waals surface area (Å²) in [4.78, 5) is 7.78. The molecule has 0 aromatic heterocycles. The van der Waals surface area contributed by atoms with Gasteiger partial charge < -0.3 is 15.5 Å². The van der Waals surface area contributed by atoms with Gasteiger partial charge in [-0.25, -0.2) is 0 Å². The van der Waals surface area contributed by atoms with Gasteiger partial charge in [0, 0.05) is 50.3 Å². The molecule has 5 heteroatoms. The molecule has 3 rings (SSSR count). The minimum absolute atomic E-state index is 0.801. The summed E-state index contributed by atoms with van der Waals surface area (Å²) in [7, 11) is 0. The van der Waals surface area contributed by atoms with E-state index < -0.39 is 0 Å². The molecule has 0 aliphatic carbocycles. The SMILES string of the molecule is Cc1cccc(CN(CCCN2CCN(CCCN)CC2)Cc2cccc(Br)c2)c1.